The van der Waals surface area contributed by atoms with Gasteiger partial charge in [-0.3, -0.25) is 4.79 Å². The van der Waals surface area contributed by atoms with Crippen molar-refractivity contribution in [3.63, 3.8) is 0 Å². The molecule has 1 aliphatic heterocycles. The summed E-state index contributed by atoms with van der Waals surface area (Å²) in [5.41, 5.74) is 0.580. The van der Waals surface area contributed by atoms with Crippen molar-refractivity contribution in [1.29, 1.82) is 0 Å². The second kappa shape index (κ2) is 7.08. The third-order valence-corrected chi connectivity index (χ3v) is 7.71. The van der Waals surface area contributed by atoms with Gasteiger partial charge in [0.2, 0.25) is 10.0 Å². The molecule has 1 saturated carbocycles. The number of carbonyl (C=O) groups is 1. The molecule has 1 aromatic rings. The summed E-state index contributed by atoms with van der Waals surface area (Å²) in [6.45, 7) is 3.12. The van der Waals surface area contributed by atoms with E-state index < -0.39 is 10.0 Å². The number of likely N-dealkylation sites (tertiary alicyclic amines) is 1. The third kappa shape index (κ3) is 3.47. The zero-order chi connectivity index (χ0) is 18.2. The summed E-state index contributed by atoms with van der Waals surface area (Å²) in [5, 5.41) is 0. The van der Waals surface area contributed by atoms with Crippen LogP contribution in [0.2, 0.25) is 0 Å². The SMILES string of the molecule is CC1CCN(C(=O)c2ccc(S(=O)(=O)N(C)C)cc2)C2CCCCC12. The summed E-state index contributed by atoms with van der Waals surface area (Å²) in [6.07, 6.45) is 5.83. The maximum Gasteiger partial charge on any atom is 0.254 e. The molecule has 0 bridgehead atoms. The molecule has 0 aromatic heterocycles. The standard InChI is InChI=1S/C19H28N2O3S/c1-14-12-13-21(18-7-5-4-6-17(14)18)19(22)15-8-10-16(11-9-15)25(23,24)20(2)3/h8-11,14,17-18H,4-7,12-13H2,1-3H3. The van der Waals surface area contributed by atoms with E-state index in [0.717, 1.165) is 19.4 Å². The fraction of sp³-hybridized carbons (Fsp3) is 0.632. The molecule has 2 fully saturated rings. The lowest BCUT2D eigenvalue weighted by Crippen LogP contribution is -2.52. The van der Waals surface area contributed by atoms with Crippen molar-refractivity contribution < 1.29 is 13.2 Å². The molecule has 138 valence electrons. The van der Waals surface area contributed by atoms with E-state index in [4.69, 9.17) is 0 Å². The minimum atomic E-state index is -3.46. The predicted molar refractivity (Wildman–Crippen MR) is 97.9 cm³/mol. The van der Waals surface area contributed by atoms with Gasteiger partial charge in [-0.05, 0) is 55.4 Å². The molecule has 1 amide bonds. The highest BCUT2D eigenvalue weighted by Gasteiger charge is 2.39. The Kier molecular flexibility index (Phi) is 5.21. The number of hydrogen-bond acceptors (Lipinski definition) is 3. The van der Waals surface area contributed by atoms with Crippen molar-refractivity contribution in [2.75, 3.05) is 20.6 Å². The summed E-state index contributed by atoms with van der Waals surface area (Å²) < 4.78 is 25.5. The van der Waals surface area contributed by atoms with Crippen LogP contribution in [0.4, 0.5) is 0 Å². The topological polar surface area (TPSA) is 57.7 Å². The summed E-state index contributed by atoms with van der Waals surface area (Å²) in [6, 6.07) is 6.71. The molecule has 0 N–H and O–H groups in total. The Morgan fingerprint density at radius 3 is 2.36 bits per heavy atom. The minimum Gasteiger partial charge on any atom is -0.335 e. The van der Waals surface area contributed by atoms with Crippen LogP contribution in [0.15, 0.2) is 29.2 Å². The molecule has 25 heavy (non-hydrogen) atoms. The highest BCUT2D eigenvalue weighted by atomic mass is 32.2. The Morgan fingerprint density at radius 2 is 1.72 bits per heavy atom. The fourth-order valence-electron chi connectivity index (χ4n) is 4.31. The van der Waals surface area contributed by atoms with E-state index in [-0.39, 0.29) is 10.8 Å². The van der Waals surface area contributed by atoms with Crippen molar-refractivity contribution in [2.24, 2.45) is 11.8 Å². The number of piperidine rings is 1. The van der Waals surface area contributed by atoms with Gasteiger partial charge in [0, 0.05) is 32.2 Å². The Balaban J connectivity index is 1.81. The molecule has 3 unspecified atom stereocenters. The van der Waals surface area contributed by atoms with Gasteiger partial charge < -0.3 is 4.90 Å². The Morgan fingerprint density at radius 1 is 1.08 bits per heavy atom. The fourth-order valence-corrected chi connectivity index (χ4v) is 5.21. The number of amides is 1. The van der Waals surface area contributed by atoms with Crippen molar-refractivity contribution in [2.45, 2.75) is 50.0 Å². The largest absolute Gasteiger partial charge is 0.335 e. The number of benzene rings is 1. The van der Waals surface area contributed by atoms with E-state index in [9.17, 15) is 13.2 Å². The van der Waals surface area contributed by atoms with Crippen LogP contribution < -0.4 is 0 Å². The van der Waals surface area contributed by atoms with Crippen molar-refractivity contribution >= 4 is 15.9 Å². The summed E-state index contributed by atoms with van der Waals surface area (Å²) >= 11 is 0. The number of fused-ring (bicyclic) bond motifs is 1. The zero-order valence-corrected chi connectivity index (χ0v) is 16.1. The van der Waals surface area contributed by atoms with Crippen molar-refractivity contribution in [1.82, 2.24) is 9.21 Å². The first-order valence-electron chi connectivity index (χ1n) is 9.16. The van der Waals surface area contributed by atoms with Crippen LogP contribution >= 0.6 is 0 Å². The molecule has 3 rings (SSSR count). The molecule has 2 aliphatic rings. The maximum atomic E-state index is 13.0. The molecule has 0 radical (unpaired) electrons. The van der Waals surface area contributed by atoms with Crippen LogP contribution in [0.25, 0.3) is 0 Å². The third-order valence-electron chi connectivity index (χ3n) is 5.88. The van der Waals surface area contributed by atoms with E-state index >= 15 is 0 Å². The summed E-state index contributed by atoms with van der Waals surface area (Å²) in [4.78, 5) is 15.3. The Hall–Kier alpha value is -1.40. The molecule has 6 heteroatoms. The number of sulfonamides is 1. The van der Waals surface area contributed by atoms with E-state index in [1.807, 2.05) is 4.90 Å². The van der Waals surface area contributed by atoms with E-state index in [1.54, 1.807) is 12.1 Å². The predicted octanol–water partition coefficient (Wildman–Crippen LogP) is 2.98. The van der Waals surface area contributed by atoms with Crippen LogP contribution in [0.5, 0.6) is 0 Å². The van der Waals surface area contributed by atoms with Crippen molar-refractivity contribution in [3.05, 3.63) is 29.8 Å². The van der Waals surface area contributed by atoms with Gasteiger partial charge in [-0.25, -0.2) is 12.7 Å². The monoisotopic (exact) mass is 364 g/mol. The van der Waals surface area contributed by atoms with E-state index in [0.29, 0.717) is 23.4 Å². The van der Waals surface area contributed by atoms with Crippen LogP contribution in [0, 0.1) is 11.8 Å². The van der Waals surface area contributed by atoms with Gasteiger partial charge in [0.25, 0.3) is 5.91 Å². The second-order valence-corrected chi connectivity index (χ2v) is 9.74. The quantitative estimate of drug-likeness (QED) is 0.828. The first kappa shape index (κ1) is 18.4. The molecule has 1 aromatic carbocycles. The highest BCUT2D eigenvalue weighted by Crippen LogP contribution is 2.39. The van der Waals surface area contributed by atoms with E-state index in [1.165, 1.54) is 49.8 Å². The number of hydrogen-bond donors (Lipinski definition) is 0. The minimum absolute atomic E-state index is 0.0394. The Labute approximate surface area is 151 Å². The van der Waals surface area contributed by atoms with Gasteiger partial charge in [0.1, 0.15) is 0 Å². The molecular weight excluding hydrogens is 336 g/mol. The molecular formula is C19H28N2O3S. The van der Waals surface area contributed by atoms with Gasteiger partial charge in [-0.2, -0.15) is 0 Å². The van der Waals surface area contributed by atoms with E-state index in [2.05, 4.69) is 6.92 Å². The first-order chi connectivity index (χ1) is 11.8. The lowest BCUT2D eigenvalue weighted by atomic mass is 9.72. The molecule has 1 aliphatic carbocycles. The van der Waals surface area contributed by atoms with Crippen LogP contribution in [0.3, 0.4) is 0 Å². The van der Waals surface area contributed by atoms with Crippen molar-refractivity contribution in [3.8, 4) is 0 Å². The smallest absolute Gasteiger partial charge is 0.254 e. The maximum absolute atomic E-state index is 13.0. The van der Waals surface area contributed by atoms with Crippen LogP contribution in [-0.4, -0.2) is 50.2 Å². The molecule has 5 nitrogen and oxygen atoms in total. The van der Waals surface area contributed by atoms with Gasteiger partial charge >= 0.3 is 0 Å². The average Bonchev–Trinajstić information content (AvgIpc) is 2.62. The highest BCUT2D eigenvalue weighted by molar-refractivity contribution is 7.89. The zero-order valence-electron chi connectivity index (χ0n) is 15.3. The molecule has 0 spiro atoms. The molecule has 3 atom stereocenters. The molecule has 1 saturated heterocycles. The summed E-state index contributed by atoms with van der Waals surface area (Å²) in [7, 11) is -0.449. The molecule has 1 heterocycles. The second-order valence-electron chi connectivity index (χ2n) is 7.59. The lowest BCUT2D eigenvalue weighted by Gasteiger charge is -2.47. The average molecular weight is 365 g/mol. The van der Waals surface area contributed by atoms with Gasteiger partial charge in [-0.15, -0.1) is 0 Å². The van der Waals surface area contributed by atoms with Gasteiger partial charge in [0.15, 0.2) is 0 Å². The first-order valence-corrected chi connectivity index (χ1v) is 10.6. The Bertz CT molecular complexity index is 728. The number of rotatable bonds is 3. The van der Waals surface area contributed by atoms with Crippen LogP contribution in [-0.2, 0) is 10.0 Å². The van der Waals surface area contributed by atoms with Gasteiger partial charge in [0.05, 0.1) is 4.90 Å². The van der Waals surface area contributed by atoms with Crippen LogP contribution in [0.1, 0.15) is 49.4 Å². The van der Waals surface area contributed by atoms with Gasteiger partial charge in [-0.1, -0.05) is 19.8 Å². The number of nitrogens with zero attached hydrogens (tertiary/aromatic N) is 2. The lowest BCUT2D eigenvalue weighted by molar-refractivity contribution is 0.0217. The normalized spacial score (nSPS) is 27.2. The number of carbonyl (C=O) groups excluding carboxylic acids is 1. The summed E-state index contributed by atoms with van der Waals surface area (Å²) in [5.74, 6) is 1.33.